The van der Waals surface area contributed by atoms with Crippen LogP contribution in [-0.2, 0) is 0 Å². The Morgan fingerprint density at radius 2 is 2.16 bits per heavy atom. The molecule has 3 rings (SSSR count). The van der Waals surface area contributed by atoms with E-state index < -0.39 is 0 Å². The van der Waals surface area contributed by atoms with Crippen molar-refractivity contribution in [3.63, 3.8) is 0 Å². The lowest BCUT2D eigenvalue weighted by Gasteiger charge is -2.16. The summed E-state index contributed by atoms with van der Waals surface area (Å²) in [5.41, 5.74) is 1.26. The van der Waals surface area contributed by atoms with Crippen molar-refractivity contribution in [3.05, 3.63) is 42.1 Å². The first-order valence-corrected chi connectivity index (χ1v) is 6.36. The lowest BCUT2D eigenvalue weighted by atomic mass is 10.1. The minimum absolute atomic E-state index is 0.0511. The van der Waals surface area contributed by atoms with Crippen molar-refractivity contribution in [1.82, 2.24) is 9.88 Å². The van der Waals surface area contributed by atoms with Crippen LogP contribution in [0.2, 0.25) is 0 Å². The standard InChI is InChI=1S/C15H13N3O/c16-10-18-9-3-6-14(18)15(19)13-8-7-11-4-1-2-5-12(11)17-13/h1-2,4-5,7-8,14H,3,6,9H2. The fraction of sp³-hybridized carbons (Fsp3) is 0.267. The number of hydrogen-bond donors (Lipinski definition) is 0. The molecule has 0 amide bonds. The fourth-order valence-corrected chi connectivity index (χ4v) is 2.53. The molecule has 4 nitrogen and oxygen atoms in total. The van der Waals surface area contributed by atoms with Gasteiger partial charge in [-0.1, -0.05) is 24.3 Å². The Labute approximate surface area is 111 Å². The molecule has 19 heavy (non-hydrogen) atoms. The Morgan fingerprint density at radius 1 is 1.32 bits per heavy atom. The first kappa shape index (κ1) is 11.7. The third kappa shape index (κ3) is 2.04. The van der Waals surface area contributed by atoms with Gasteiger partial charge < -0.3 is 0 Å². The molecule has 0 aliphatic carbocycles. The van der Waals surface area contributed by atoms with Gasteiger partial charge in [0.05, 0.1) is 5.52 Å². The van der Waals surface area contributed by atoms with E-state index in [1.54, 1.807) is 11.0 Å². The number of likely N-dealkylation sites (tertiary alicyclic amines) is 1. The molecule has 0 bridgehead atoms. The van der Waals surface area contributed by atoms with Crippen LogP contribution in [0, 0.1) is 11.5 Å². The van der Waals surface area contributed by atoms with E-state index in [2.05, 4.69) is 11.2 Å². The number of para-hydroxylation sites is 1. The maximum atomic E-state index is 12.4. The number of ketones is 1. The Morgan fingerprint density at radius 3 is 3.00 bits per heavy atom. The number of carbonyl (C=O) groups is 1. The van der Waals surface area contributed by atoms with Gasteiger partial charge >= 0.3 is 0 Å². The van der Waals surface area contributed by atoms with Gasteiger partial charge in [-0.2, -0.15) is 5.26 Å². The van der Waals surface area contributed by atoms with Crippen molar-refractivity contribution in [3.8, 4) is 6.19 Å². The quantitative estimate of drug-likeness (QED) is 0.607. The van der Waals surface area contributed by atoms with Crippen LogP contribution in [0.4, 0.5) is 0 Å². The number of aromatic nitrogens is 1. The van der Waals surface area contributed by atoms with E-state index in [4.69, 9.17) is 5.26 Å². The molecular weight excluding hydrogens is 238 g/mol. The predicted molar refractivity (Wildman–Crippen MR) is 71.4 cm³/mol. The molecule has 1 atom stereocenters. The molecule has 94 valence electrons. The lowest BCUT2D eigenvalue weighted by Crippen LogP contribution is -2.33. The van der Waals surface area contributed by atoms with E-state index in [1.165, 1.54) is 0 Å². The van der Waals surface area contributed by atoms with Crippen molar-refractivity contribution in [2.75, 3.05) is 6.54 Å². The second-order valence-corrected chi connectivity index (χ2v) is 4.70. The largest absolute Gasteiger partial charge is 0.300 e. The number of nitriles is 1. The van der Waals surface area contributed by atoms with Gasteiger partial charge in [-0.25, -0.2) is 4.98 Å². The smallest absolute Gasteiger partial charge is 0.204 e. The first-order valence-electron chi connectivity index (χ1n) is 6.36. The maximum Gasteiger partial charge on any atom is 0.204 e. The van der Waals surface area contributed by atoms with Gasteiger partial charge in [0.1, 0.15) is 11.7 Å². The normalized spacial score (nSPS) is 18.5. The highest BCUT2D eigenvalue weighted by molar-refractivity contribution is 6.00. The fourth-order valence-electron chi connectivity index (χ4n) is 2.53. The highest BCUT2D eigenvalue weighted by atomic mass is 16.1. The Hall–Kier alpha value is -2.41. The topological polar surface area (TPSA) is 57.0 Å². The maximum absolute atomic E-state index is 12.4. The molecule has 1 aliphatic heterocycles. The summed E-state index contributed by atoms with van der Waals surface area (Å²) < 4.78 is 0. The second-order valence-electron chi connectivity index (χ2n) is 4.70. The minimum atomic E-state index is -0.335. The summed E-state index contributed by atoms with van der Waals surface area (Å²) in [4.78, 5) is 18.4. The van der Waals surface area contributed by atoms with Gasteiger partial charge in [0.2, 0.25) is 5.78 Å². The van der Waals surface area contributed by atoms with Crippen molar-refractivity contribution >= 4 is 16.7 Å². The van der Waals surface area contributed by atoms with Gasteiger partial charge in [0, 0.05) is 11.9 Å². The number of hydrogen-bond acceptors (Lipinski definition) is 4. The van der Waals surface area contributed by atoms with Gasteiger partial charge in [-0.15, -0.1) is 0 Å². The molecule has 4 heteroatoms. The van der Waals surface area contributed by atoms with Gasteiger partial charge in [0.25, 0.3) is 0 Å². The van der Waals surface area contributed by atoms with Gasteiger partial charge in [-0.3, -0.25) is 9.69 Å². The van der Waals surface area contributed by atoms with E-state index in [9.17, 15) is 4.79 Å². The van der Waals surface area contributed by atoms with Crippen LogP contribution in [0.3, 0.4) is 0 Å². The van der Waals surface area contributed by atoms with Crippen LogP contribution in [0.15, 0.2) is 36.4 Å². The highest BCUT2D eigenvalue weighted by Crippen LogP contribution is 2.21. The van der Waals surface area contributed by atoms with Crippen molar-refractivity contribution in [1.29, 1.82) is 5.26 Å². The highest BCUT2D eigenvalue weighted by Gasteiger charge is 2.31. The molecular formula is C15H13N3O. The zero-order valence-electron chi connectivity index (χ0n) is 10.4. The summed E-state index contributed by atoms with van der Waals surface area (Å²) >= 11 is 0. The minimum Gasteiger partial charge on any atom is -0.300 e. The number of rotatable bonds is 2. The first-order chi connectivity index (χ1) is 9.29. The van der Waals surface area contributed by atoms with E-state index in [-0.39, 0.29) is 11.8 Å². The summed E-state index contributed by atoms with van der Waals surface area (Å²) in [6.45, 7) is 0.667. The number of benzene rings is 1. The molecule has 2 aromatic rings. The van der Waals surface area contributed by atoms with Crippen LogP contribution in [0.25, 0.3) is 10.9 Å². The average molecular weight is 251 g/mol. The monoisotopic (exact) mass is 251 g/mol. The summed E-state index contributed by atoms with van der Waals surface area (Å²) in [7, 11) is 0. The Kier molecular flexibility index (Phi) is 2.88. The molecule has 0 saturated carbocycles. The molecule has 1 aliphatic rings. The molecule has 2 heterocycles. The molecule has 0 radical (unpaired) electrons. The third-order valence-corrected chi connectivity index (χ3v) is 3.53. The zero-order chi connectivity index (χ0) is 13.2. The number of carbonyl (C=O) groups excluding carboxylic acids is 1. The SMILES string of the molecule is N#CN1CCCC1C(=O)c1ccc2ccccc2n1. The zero-order valence-corrected chi connectivity index (χ0v) is 10.4. The van der Waals surface area contributed by atoms with E-state index in [0.29, 0.717) is 12.2 Å². The molecule has 1 aromatic heterocycles. The van der Waals surface area contributed by atoms with Crippen LogP contribution >= 0.6 is 0 Å². The van der Waals surface area contributed by atoms with Crippen LogP contribution < -0.4 is 0 Å². The van der Waals surface area contributed by atoms with Crippen molar-refractivity contribution in [2.24, 2.45) is 0 Å². The number of nitrogens with zero attached hydrogens (tertiary/aromatic N) is 3. The average Bonchev–Trinajstić information content (AvgIpc) is 2.94. The van der Waals surface area contributed by atoms with Crippen LogP contribution in [-0.4, -0.2) is 28.3 Å². The van der Waals surface area contributed by atoms with Crippen LogP contribution in [0.1, 0.15) is 23.3 Å². The third-order valence-electron chi connectivity index (χ3n) is 3.53. The molecule has 0 spiro atoms. The Bertz CT molecular complexity index is 674. The second kappa shape index (κ2) is 4.69. The molecule has 1 fully saturated rings. The Balaban J connectivity index is 1.96. The summed E-state index contributed by atoms with van der Waals surface area (Å²) in [5.74, 6) is -0.0511. The van der Waals surface area contributed by atoms with Gasteiger partial charge in [0.15, 0.2) is 6.19 Å². The van der Waals surface area contributed by atoms with E-state index in [1.807, 2.05) is 30.3 Å². The summed E-state index contributed by atoms with van der Waals surface area (Å²) in [5, 5.41) is 10.0. The number of fused-ring (bicyclic) bond motifs is 1. The summed E-state index contributed by atoms with van der Waals surface area (Å²) in [6.07, 6.45) is 3.71. The molecule has 0 N–H and O–H groups in total. The molecule has 1 aromatic carbocycles. The molecule has 1 unspecified atom stereocenters. The van der Waals surface area contributed by atoms with Crippen molar-refractivity contribution < 1.29 is 4.79 Å². The number of Topliss-reactive ketones (excluding diaryl/α,β-unsaturated/α-hetero) is 1. The lowest BCUT2D eigenvalue weighted by molar-refractivity contribution is 0.0902. The molecule has 1 saturated heterocycles. The predicted octanol–water partition coefficient (Wildman–Crippen LogP) is 2.36. The number of pyridine rings is 1. The van der Waals surface area contributed by atoms with Crippen LogP contribution in [0.5, 0.6) is 0 Å². The van der Waals surface area contributed by atoms with Crippen molar-refractivity contribution in [2.45, 2.75) is 18.9 Å². The summed E-state index contributed by atoms with van der Waals surface area (Å²) in [6, 6.07) is 11.0. The van der Waals surface area contributed by atoms with Gasteiger partial charge in [-0.05, 0) is 25.0 Å². The van der Waals surface area contributed by atoms with E-state index >= 15 is 0 Å². The van der Waals surface area contributed by atoms with E-state index in [0.717, 1.165) is 23.7 Å².